The van der Waals surface area contributed by atoms with E-state index in [1.807, 2.05) is 42.5 Å². The number of thioether (sulfide) groups is 1. The van der Waals surface area contributed by atoms with Gasteiger partial charge in [-0.2, -0.15) is 0 Å². The van der Waals surface area contributed by atoms with Crippen molar-refractivity contribution in [3.8, 4) is 0 Å². The number of carbonyl (C=O) groups excluding carboxylic acids is 2. The number of aryl methyl sites for hydroxylation is 1. The molecule has 1 aliphatic rings. The van der Waals surface area contributed by atoms with Crippen molar-refractivity contribution >= 4 is 34.4 Å². The Morgan fingerprint density at radius 1 is 1.00 bits per heavy atom. The zero-order valence-corrected chi connectivity index (χ0v) is 16.9. The van der Waals surface area contributed by atoms with Crippen LogP contribution in [0.2, 0.25) is 0 Å². The van der Waals surface area contributed by atoms with Gasteiger partial charge in [-0.05, 0) is 53.3 Å². The van der Waals surface area contributed by atoms with Crippen molar-refractivity contribution < 1.29 is 14.3 Å². The van der Waals surface area contributed by atoms with Crippen LogP contribution in [0.5, 0.6) is 0 Å². The third-order valence-electron chi connectivity index (χ3n) is 5.15. The van der Waals surface area contributed by atoms with E-state index in [4.69, 9.17) is 4.74 Å². The summed E-state index contributed by atoms with van der Waals surface area (Å²) in [6.45, 7) is -0.240. The lowest BCUT2D eigenvalue weighted by molar-refractivity contribution is -0.146. The molecule has 0 bridgehead atoms. The maximum Gasteiger partial charge on any atom is 0.316 e. The van der Waals surface area contributed by atoms with Gasteiger partial charge in [0.25, 0.3) is 5.91 Å². The molecule has 0 saturated heterocycles. The molecule has 3 aromatic rings. The van der Waals surface area contributed by atoms with Crippen molar-refractivity contribution in [1.29, 1.82) is 0 Å². The topological polar surface area (TPSA) is 55.4 Å². The van der Waals surface area contributed by atoms with Crippen molar-refractivity contribution in [1.82, 2.24) is 5.32 Å². The van der Waals surface area contributed by atoms with E-state index >= 15 is 0 Å². The van der Waals surface area contributed by atoms with Crippen molar-refractivity contribution in [2.24, 2.45) is 0 Å². The van der Waals surface area contributed by atoms with E-state index in [0.717, 1.165) is 29.5 Å². The second-order valence-corrected chi connectivity index (χ2v) is 8.22. The molecule has 0 aliphatic heterocycles. The van der Waals surface area contributed by atoms with Crippen LogP contribution < -0.4 is 5.32 Å². The van der Waals surface area contributed by atoms with Crippen LogP contribution in [0, 0.1) is 0 Å². The summed E-state index contributed by atoms with van der Waals surface area (Å²) < 4.78 is 5.17. The van der Waals surface area contributed by atoms with Crippen LogP contribution >= 0.6 is 11.8 Å². The van der Waals surface area contributed by atoms with Gasteiger partial charge in [0.05, 0.1) is 11.8 Å². The van der Waals surface area contributed by atoms with E-state index in [-0.39, 0.29) is 30.3 Å². The number of amides is 1. The molecular weight excluding hydrogens is 382 g/mol. The lowest BCUT2D eigenvalue weighted by Crippen LogP contribution is -2.34. The molecule has 0 fully saturated rings. The van der Waals surface area contributed by atoms with Crippen molar-refractivity contribution in [3.05, 3.63) is 77.9 Å². The monoisotopic (exact) mass is 405 g/mol. The van der Waals surface area contributed by atoms with Gasteiger partial charge >= 0.3 is 5.97 Å². The highest BCUT2D eigenvalue weighted by Crippen LogP contribution is 2.29. The summed E-state index contributed by atoms with van der Waals surface area (Å²) in [6, 6.07) is 22.4. The van der Waals surface area contributed by atoms with Crippen molar-refractivity contribution in [2.75, 3.05) is 12.4 Å². The molecule has 0 aromatic heterocycles. The number of ether oxygens (including phenoxy) is 1. The normalized spacial score (nSPS) is 15.5. The van der Waals surface area contributed by atoms with E-state index in [1.54, 1.807) is 0 Å². The summed E-state index contributed by atoms with van der Waals surface area (Å²) in [6.07, 6.45) is 3.00. The second-order valence-electron chi connectivity index (χ2n) is 7.17. The first-order valence-electron chi connectivity index (χ1n) is 9.83. The number of benzene rings is 3. The second kappa shape index (κ2) is 9.14. The Kier molecular flexibility index (Phi) is 6.15. The third-order valence-corrected chi connectivity index (χ3v) is 6.11. The summed E-state index contributed by atoms with van der Waals surface area (Å²) in [5, 5.41) is 5.31. The first-order valence-corrected chi connectivity index (χ1v) is 10.8. The van der Waals surface area contributed by atoms with E-state index in [9.17, 15) is 9.59 Å². The number of hydrogen-bond acceptors (Lipinski definition) is 4. The Morgan fingerprint density at radius 3 is 2.69 bits per heavy atom. The van der Waals surface area contributed by atoms with E-state index in [2.05, 4.69) is 29.6 Å². The molecule has 0 saturated carbocycles. The molecule has 1 aliphatic carbocycles. The Morgan fingerprint density at radius 2 is 1.79 bits per heavy atom. The average Bonchev–Trinajstić information content (AvgIpc) is 2.76. The fourth-order valence-corrected chi connectivity index (χ4v) is 4.47. The van der Waals surface area contributed by atoms with Crippen LogP contribution in [0.3, 0.4) is 0 Å². The minimum absolute atomic E-state index is 0.00173. The van der Waals surface area contributed by atoms with Crippen molar-refractivity contribution in [3.63, 3.8) is 0 Å². The molecule has 1 amide bonds. The van der Waals surface area contributed by atoms with E-state index in [0.29, 0.717) is 0 Å². The number of rotatable bonds is 6. The molecule has 0 spiro atoms. The highest BCUT2D eigenvalue weighted by atomic mass is 32.2. The van der Waals surface area contributed by atoms with Gasteiger partial charge in [0.1, 0.15) is 0 Å². The highest BCUT2D eigenvalue weighted by molar-refractivity contribution is 8.00. The maximum atomic E-state index is 12.3. The van der Waals surface area contributed by atoms with Crippen LogP contribution in [0.25, 0.3) is 10.8 Å². The maximum absolute atomic E-state index is 12.3. The van der Waals surface area contributed by atoms with Crippen molar-refractivity contribution in [2.45, 2.75) is 30.2 Å². The number of carbonyl (C=O) groups is 2. The fraction of sp³-hybridized carbons (Fsp3) is 0.250. The van der Waals surface area contributed by atoms with Gasteiger partial charge in [0.15, 0.2) is 6.61 Å². The highest BCUT2D eigenvalue weighted by Gasteiger charge is 2.21. The zero-order chi connectivity index (χ0) is 20.1. The Bertz CT molecular complexity index is 1030. The minimum Gasteiger partial charge on any atom is -0.455 e. The summed E-state index contributed by atoms with van der Waals surface area (Å²) >= 11 is 1.42. The van der Waals surface area contributed by atoms with Gasteiger partial charge in [0, 0.05) is 4.90 Å². The minimum atomic E-state index is -0.387. The molecule has 1 atom stereocenters. The summed E-state index contributed by atoms with van der Waals surface area (Å²) in [4.78, 5) is 25.3. The first-order chi connectivity index (χ1) is 14.2. The molecule has 4 nitrogen and oxygen atoms in total. The summed E-state index contributed by atoms with van der Waals surface area (Å²) in [5.74, 6) is -0.462. The lowest BCUT2D eigenvalue weighted by atomic mass is 9.88. The van der Waals surface area contributed by atoms with Gasteiger partial charge in [-0.15, -0.1) is 11.8 Å². The molecule has 0 radical (unpaired) electrons. The van der Waals surface area contributed by atoms with E-state index < -0.39 is 0 Å². The molecule has 3 aromatic carbocycles. The fourth-order valence-electron chi connectivity index (χ4n) is 3.73. The van der Waals surface area contributed by atoms with Gasteiger partial charge < -0.3 is 10.1 Å². The molecular formula is C24H23NO3S. The van der Waals surface area contributed by atoms with Gasteiger partial charge in [-0.3, -0.25) is 9.59 Å². The largest absolute Gasteiger partial charge is 0.455 e. The van der Waals surface area contributed by atoms with Crippen LogP contribution in [0.1, 0.15) is 30.0 Å². The molecule has 5 heteroatoms. The van der Waals surface area contributed by atoms with Crippen LogP contribution in [0.15, 0.2) is 71.6 Å². The lowest BCUT2D eigenvalue weighted by Gasteiger charge is -2.26. The molecule has 0 heterocycles. The first kappa shape index (κ1) is 19.5. The SMILES string of the molecule is O=C(COC(=O)CSc1ccc2ccccc2c1)NC1CCCc2ccccc21. The van der Waals surface area contributed by atoms with E-state index in [1.165, 1.54) is 28.3 Å². The molecule has 148 valence electrons. The quantitative estimate of drug-likeness (QED) is 0.478. The van der Waals surface area contributed by atoms with Gasteiger partial charge in [-0.25, -0.2) is 0 Å². The zero-order valence-electron chi connectivity index (χ0n) is 16.1. The summed E-state index contributed by atoms with van der Waals surface area (Å²) in [5.41, 5.74) is 2.46. The number of hydrogen-bond donors (Lipinski definition) is 1. The Hall–Kier alpha value is -2.79. The summed E-state index contributed by atoms with van der Waals surface area (Å²) in [7, 11) is 0. The average molecular weight is 406 g/mol. The number of esters is 1. The molecule has 29 heavy (non-hydrogen) atoms. The van der Waals surface area contributed by atoms with Crippen LogP contribution in [-0.2, 0) is 20.7 Å². The third kappa shape index (κ3) is 4.98. The number of fused-ring (bicyclic) bond motifs is 2. The van der Waals surface area contributed by atoms with Gasteiger partial charge in [0.2, 0.25) is 0 Å². The smallest absolute Gasteiger partial charge is 0.316 e. The van der Waals surface area contributed by atoms with Crippen LogP contribution in [-0.4, -0.2) is 24.2 Å². The molecule has 1 N–H and O–H groups in total. The predicted molar refractivity (Wildman–Crippen MR) is 116 cm³/mol. The molecule has 1 unspecified atom stereocenters. The standard InChI is InChI=1S/C24H23NO3S/c26-23(25-22-11-5-9-18-7-3-4-10-21(18)22)15-28-24(27)16-29-20-13-12-17-6-1-2-8-19(17)14-20/h1-4,6-8,10,12-14,22H,5,9,11,15-16H2,(H,25,26). The predicted octanol–water partition coefficient (Wildman–Crippen LogP) is 4.67. The Labute approximate surface area is 174 Å². The Balaban J connectivity index is 1.24. The molecule has 4 rings (SSSR count). The number of nitrogens with one attached hydrogen (secondary N) is 1. The van der Waals surface area contributed by atoms with Crippen LogP contribution in [0.4, 0.5) is 0 Å². The van der Waals surface area contributed by atoms with Gasteiger partial charge in [-0.1, -0.05) is 54.6 Å².